The molecule has 0 radical (unpaired) electrons. The number of carbonyl (C=O) groups is 1. The molecule has 0 bridgehead atoms. The van der Waals surface area contributed by atoms with Gasteiger partial charge in [0.05, 0.1) is 16.8 Å². The summed E-state index contributed by atoms with van der Waals surface area (Å²) in [6, 6.07) is 8.28. The lowest BCUT2D eigenvalue weighted by Gasteiger charge is -2.35. The van der Waals surface area contributed by atoms with Crippen molar-refractivity contribution >= 4 is 16.8 Å². The smallest absolute Gasteiger partial charge is 0.256 e. The molecule has 1 saturated heterocycles. The van der Waals surface area contributed by atoms with E-state index in [1.165, 1.54) is 5.56 Å². The number of aryl methyl sites for hydroxylation is 2. The van der Waals surface area contributed by atoms with E-state index < -0.39 is 0 Å². The van der Waals surface area contributed by atoms with Gasteiger partial charge in [0.25, 0.3) is 5.91 Å². The molecule has 0 saturated carbocycles. The number of aromatic nitrogens is 1. The summed E-state index contributed by atoms with van der Waals surface area (Å²) < 4.78 is 0. The van der Waals surface area contributed by atoms with Crippen molar-refractivity contribution in [3.05, 3.63) is 41.1 Å². The van der Waals surface area contributed by atoms with E-state index in [1.54, 1.807) is 0 Å². The fourth-order valence-corrected chi connectivity index (χ4v) is 3.26. The largest absolute Gasteiger partial charge is 0.334 e. The highest BCUT2D eigenvalue weighted by Gasteiger charge is 2.27. The van der Waals surface area contributed by atoms with Crippen molar-refractivity contribution in [2.24, 2.45) is 5.73 Å². The Hall–Kier alpha value is -1.94. The Labute approximate surface area is 131 Å². The average Bonchev–Trinajstić information content (AvgIpc) is 2.53. The first kappa shape index (κ1) is 15.0. The second kappa shape index (κ2) is 6.05. The molecular weight excluding hydrogens is 274 g/mol. The third kappa shape index (κ3) is 2.71. The molecule has 3 rings (SSSR count). The normalized spacial score (nSPS) is 18.7. The number of rotatable bonds is 2. The van der Waals surface area contributed by atoms with Crippen LogP contribution in [-0.2, 0) is 0 Å². The fraction of sp³-hybridized carbons (Fsp3) is 0.444. The third-order valence-corrected chi connectivity index (χ3v) is 4.55. The summed E-state index contributed by atoms with van der Waals surface area (Å²) in [5.74, 6) is 0.0719. The zero-order valence-corrected chi connectivity index (χ0v) is 13.3. The average molecular weight is 297 g/mol. The summed E-state index contributed by atoms with van der Waals surface area (Å²) in [6.07, 6.45) is 3.21. The van der Waals surface area contributed by atoms with Crippen LogP contribution in [0.15, 0.2) is 24.3 Å². The highest BCUT2D eigenvalue weighted by atomic mass is 16.2. The Balaban J connectivity index is 1.99. The Morgan fingerprint density at radius 1 is 1.32 bits per heavy atom. The quantitative estimate of drug-likeness (QED) is 0.927. The Morgan fingerprint density at radius 3 is 2.91 bits per heavy atom. The van der Waals surface area contributed by atoms with Gasteiger partial charge in [-0.1, -0.05) is 12.1 Å². The predicted molar refractivity (Wildman–Crippen MR) is 88.9 cm³/mol. The van der Waals surface area contributed by atoms with Gasteiger partial charge in [-0.15, -0.1) is 0 Å². The number of piperidine rings is 1. The maximum Gasteiger partial charge on any atom is 0.256 e. The van der Waals surface area contributed by atoms with Crippen LogP contribution in [0.2, 0.25) is 0 Å². The molecule has 0 aliphatic carbocycles. The van der Waals surface area contributed by atoms with Crippen molar-refractivity contribution < 1.29 is 4.79 Å². The van der Waals surface area contributed by atoms with Crippen LogP contribution in [0.4, 0.5) is 0 Å². The van der Waals surface area contributed by atoms with E-state index in [0.29, 0.717) is 12.1 Å². The van der Waals surface area contributed by atoms with Gasteiger partial charge < -0.3 is 10.6 Å². The van der Waals surface area contributed by atoms with E-state index in [1.807, 2.05) is 24.0 Å². The van der Waals surface area contributed by atoms with Crippen LogP contribution in [0.1, 0.15) is 40.9 Å². The summed E-state index contributed by atoms with van der Waals surface area (Å²) in [6.45, 7) is 5.29. The van der Waals surface area contributed by atoms with Crippen molar-refractivity contribution in [1.82, 2.24) is 9.88 Å². The molecule has 2 heterocycles. The first-order valence-corrected chi connectivity index (χ1v) is 7.99. The number of carbonyl (C=O) groups excluding carboxylic acids is 1. The summed E-state index contributed by atoms with van der Waals surface area (Å²) in [7, 11) is 0. The number of fused-ring (bicyclic) bond motifs is 1. The van der Waals surface area contributed by atoms with Crippen molar-refractivity contribution in [3.63, 3.8) is 0 Å². The molecule has 22 heavy (non-hydrogen) atoms. The van der Waals surface area contributed by atoms with E-state index in [4.69, 9.17) is 5.73 Å². The number of pyridine rings is 1. The van der Waals surface area contributed by atoms with Crippen LogP contribution in [0.3, 0.4) is 0 Å². The van der Waals surface area contributed by atoms with Crippen LogP contribution < -0.4 is 5.73 Å². The number of hydrogen-bond donors (Lipinski definition) is 1. The van der Waals surface area contributed by atoms with E-state index in [0.717, 1.165) is 42.4 Å². The predicted octanol–water partition coefficient (Wildman–Crippen LogP) is 2.81. The van der Waals surface area contributed by atoms with E-state index >= 15 is 0 Å². The summed E-state index contributed by atoms with van der Waals surface area (Å²) in [5.41, 5.74) is 9.47. The molecular formula is C18H23N3O. The highest BCUT2D eigenvalue weighted by molar-refractivity contribution is 5.99. The topological polar surface area (TPSA) is 59.2 Å². The second-order valence-corrected chi connectivity index (χ2v) is 6.20. The minimum absolute atomic E-state index is 0.0719. The lowest BCUT2D eigenvalue weighted by atomic mass is 10.00. The van der Waals surface area contributed by atoms with Gasteiger partial charge in [-0.3, -0.25) is 9.78 Å². The first-order valence-electron chi connectivity index (χ1n) is 7.99. The van der Waals surface area contributed by atoms with Crippen molar-refractivity contribution in [1.29, 1.82) is 0 Å². The maximum atomic E-state index is 12.9. The van der Waals surface area contributed by atoms with E-state index in [9.17, 15) is 4.79 Å². The number of benzene rings is 1. The minimum Gasteiger partial charge on any atom is -0.334 e. The molecule has 1 fully saturated rings. The number of amides is 1. The Morgan fingerprint density at radius 2 is 2.14 bits per heavy atom. The Bertz CT molecular complexity index is 711. The number of nitrogens with two attached hydrogens (primary N) is 1. The second-order valence-electron chi connectivity index (χ2n) is 6.20. The van der Waals surface area contributed by atoms with E-state index in [-0.39, 0.29) is 11.9 Å². The van der Waals surface area contributed by atoms with Crippen molar-refractivity contribution in [3.8, 4) is 0 Å². The first-order chi connectivity index (χ1) is 10.6. The highest BCUT2D eigenvalue weighted by Crippen LogP contribution is 2.23. The molecule has 2 N–H and O–H groups in total. The standard InChI is InChI=1S/C18H23N3O/c1-12-6-7-14-10-16(13(2)20-17(14)9-12)18(22)21-8-4-3-5-15(21)11-19/h6-7,9-10,15H,3-5,8,11,19H2,1-2H3. The monoisotopic (exact) mass is 297 g/mol. The lowest BCUT2D eigenvalue weighted by molar-refractivity contribution is 0.0622. The van der Waals surface area contributed by atoms with Gasteiger partial charge in [-0.2, -0.15) is 0 Å². The molecule has 1 aromatic heterocycles. The van der Waals surface area contributed by atoms with Crippen LogP contribution in [0.25, 0.3) is 10.9 Å². The number of likely N-dealkylation sites (tertiary alicyclic amines) is 1. The van der Waals surface area contributed by atoms with Crippen molar-refractivity contribution in [2.45, 2.75) is 39.2 Å². The van der Waals surface area contributed by atoms with Crippen LogP contribution in [0.5, 0.6) is 0 Å². The number of hydrogen-bond acceptors (Lipinski definition) is 3. The lowest BCUT2D eigenvalue weighted by Crippen LogP contribution is -2.47. The van der Waals surface area contributed by atoms with Crippen LogP contribution >= 0.6 is 0 Å². The summed E-state index contributed by atoms with van der Waals surface area (Å²) >= 11 is 0. The minimum atomic E-state index is 0.0719. The third-order valence-electron chi connectivity index (χ3n) is 4.55. The molecule has 0 spiro atoms. The van der Waals surface area contributed by atoms with E-state index in [2.05, 4.69) is 24.0 Å². The molecule has 2 aromatic rings. The van der Waals surface area contributed by atoms with Gasteiger partial charge >= 0.3 is 0 Å². The molecule has 4 nitrogen and oxygen atoms in total. The molecule has 4 heteroatoms. The van der Waals surface area contributed by atoms with Crippen LogP contribution in [-0.4, -0.2) is 34.9 Å². The van der Waals surface area contributed by atoms with Gasteiger partial charge in [0, 0.05) is 24.5 Å². The summed E-state index contributed by atoms with van der Waals surface area (Å²) in [5, 5.41) is 1.01. The molecule has 1 aliphatic heterocycles. The Kier molecular flexibility index (Phi) is 4.12. The summed E-state index contributed by atoms with van der Waals surface area (Å²) in [4.78, 5) is 19.5. The van der Waals surface area contributed by atoms with Crippen LogP contribution in [0, 0.1) is 13.8 Å². The maximum absolute atomic E-state index is 12.9. The molecule has 1 aliphatic rings. The van der Waals surface area contributed by atoms with Gasteiger partial charge in [0.2, 0.25) is 0 Å². The molecule has 1 unspecified atom stereocenters. The number of nitrogens with zero attached hydrogens (tertiary/aromatic N) is 2. The zero-order valence-electron chi connectivity index (χ0n) is 13.3. The molecule has 116 valence electrons. The zero-order chi connectivity index (χ0) is 15.7. The van der Waals surface area contributed by atoms with Gasteiger partial charge in [-0.05, 0) is 50.8 Å². The molecule has 1 amide bonds. The van der Waals surface area contributed by atoms with Gasteiger partial charge in [0.15, 0.2) is 0 Å². The molecule has 1 atom stereocenters. The fourth-order valence-electron chi connectivity index (χ4n) is 3.26. The van der Waals surface area contributed by atoms with Gasteiger partial charge in [0.1, 0.15) is 0 Å². The molecule has 1 aromatic carbocycles. The van der Waals surface area contributed by atoms with Gasteiger partial charge in [-0.25, -0.2) is 0 Å². The van der Waals surface area contributed by atoms with Crippen molar-refractivity contribution in [2.75, 3.05) is 13.1 Å². The SMILES string of the molecule is Cc1ccc2cc(C(=O)N3CCCCC3CN)c(C)nc2c1.